The van der Waals surface area contributed by atoms with Crippen molar-refractivity contribution in [2.24, 2.45) is 0 Å². The van der Waals surface area contributed by atoms with Gasteiger partial charge in [0.15, 0.2) is 23.0 Å². The van der Waals surface area contributed by atoms with Gasteiger partial charge < -0.3 is 20.5 Å². The highest BCUT2D eigenvalue weighted by Crippen LogP contribution is 2.31. The van der Waals surface area contributed by atoms with Gasteiger partial charge in [0.2, 0.25) is 0 Å². The molecule has 3 aromatic rings. The van der Waals surface area contributed by atoms with Crippen molar-refractivity contribution >= 4 is 11.7 Å². The van der Waals surface area contributed by atoms with E-state index in [1.165, 1.54) is 12.4 Å². The fourth-order valence-corrected chi connectivity index (χ4v) is 2.68. The van der Waals surface area contributed by atoms with Gasteiger partial charge in [0.05, 0.1) is 13.2 Å². The number of rotatable bonds is 7. The number of hydrogen-bond donors (Lipinski definition) is 2. The van der Waals surface area contributed by atoms with E-state index in [-0.39, 0.29) is 23.5 Å². The van der Waals surface area contributed by atoms with Crippen LogP contribution >= 0.6 is 0 Å². The lowest BCUT2D eigenvalue weighted by atomic mass is 10.1. The summed E-state index contributed by atoms with van der Waals surface area (Å²) in [5.74, 6) is 0.927. The van der Waals surface area contributed by atoms with Gasteiger partial charge in [0.25, 0.3) is 5.91 Å². The molecule has 0 aliphatic carbocycles. The Morgan fingerprint density at radius 1 is 1.11 bits per heavy atom. The van der Waals surface area contributed by atoms with Crippen LogP contribution < -0.4 is 20.5 Å². The van der Waals surface area contributed by atoms with Gasteiger partial charge in [-0.05, 0) is 30.2 Å². The average molecular weight is 378 g/mol. The second-order valence-corrected chi connectivity index (χ2v) is 6.17. The van der Waals surface area contributed by atoms with Crippen LogP contribution in [0.3, 0.4) is 0 Å². The molecule has 0 fully saturated rings. The largest absolute Gasteiger partial charge is 0.493 e. The lowest BCUT2D eigenvalue weighted by Crippen LogP contribution is -2.28. The van der Waals surface area contributed by atoms with Crippen LogP contribution in [0.2, 0.25) is 0 Å². The maximum absolute atomic E-state index is 12.4. The van der Waals surface area contributed by atoms with Crippen molar-refractivity contribution in [1.29, 1.82) is 0 Å². The van der Waals surface area contributed by atoms with Crippen molar-refractivity contribution in [3.05, 3.63) is 77.7 Å². The molecule has 0 aliphatic heterocycles. The quantitative estimate of drug-likeness (QED) is 0.655. The molecule has 0 aliphatic rings. The molecule has 7 nitrogen and oxygen atoms in total. The van der Waals surface area contributed by atoms with Crippen molar-refractivity contribution in [3.8, 4) is 11.5 Å². The number of nitrogens with two attached hydrogens (primary N) is 1. The Hall–Kier alpha value is -3.61. The Morgan fingerprint density at radius 3 is 2.57 bits per heavy atom. The average Bonchev–Trinajstić information content (AvgIpc) is 2.73. The Bertz CT molecular complexity index is 947. The first-order chi connectivity index (χ1) is 13.6. The maximum atomic E-state index is 12.4. The van der Waals surface area contributed by atoms with Crippen LogP contribution in [0, 0.1) is 0 Å². The smallest absolute Gasteiger partial charge is 0.274 e. The van der Waals surface area contributed by atoms with E-state index in [2.05, 4.69) is 15.3 Å². The monoisotopic (exact) mass is 378 g/mol. The minimum absolute atomic E-state index is 0.0921. The van der Waals surface area contributed by atoms with Crippen LogP contribution in [0.1, 0.15) is 34.6 Å². The summed E-state index contributed by atoms with van der Waals surface area (Å²) in [5, 5.41) is 2.86. The molecule has 1 amide bonds. The molecule has 0 saturated carbocycles. The third kappa shape index (κ3) is 4.56. The van der Waals surface area contributed by atoms with Crippen LogP contribution in [0.4, 0.5) is 5.82 Å². The van der Waals surface area contributed by atoms with Crippen LogP contribution in [-0.4, -0.2) is 23.0 Å². The summed E-state index contributed by atoms with van der Waals surface area (Å²) in [6.07, 6.45) is 2.87. The summed E-state index contributed by atoms with van der Waals surface area (Å²) in [7, 11) is 1.58. The number of amides is 1. The molecule has 0 saturated heterocycles. The van der Waals surface area contributed by atoms with Gasteiger partial charge in [-0.15, -0.1) is 0 Å². The molecule has 7 heteroatoms. The van der Waals surface area contributed by atoms with Crippen molar-refractivity contribution < 1.29 is 14.3 Å². The topological polar surface area (TPSA) is 99.4 Å². The normalized spacial score (nSPS) is 11.5. The first-order valence-electron chi connectivity index (χ1n) is 8.80. The molecule has 3 N–H and O–H groups in total. The molecule has 28 heavy (non-hydrogen) atoms. The van der Waals surface area contributed by atoms with E-state index in [1.54, 1.807) is 7.11 Å². The first-order valence-corrected chi connectivity index (χ1v) is 8.80. The molecule has 0 radical (unpaired) electrons. The first kappa shape index (κ1) is 19.2. The number of nitrogens with zero attached hydrogens (tertiary/aromatic N) is 2. The minimum Gasteiger partial charge on any atom is -0.493 e. The van der Waals surface area contributed by atoms with E-state index >= 15 is 0 Å². The fraction of sp³-hybridized carbons (Fsp3) is 0.190. The maximum Gasteiger partial charge on any atom is 0.274 e. The molecule has 0 spiro atoms. The fourth-order valence-electron chi connectivity index (χ4n) is 2.68. The lowest BCUT2D eigenvalue weighted by Gasteiger charge is -2.17. The second-order valence-electron chi connectivity index (χ2n) is 6.17. The summed E-state index contributed by atoms with van der Waals surface area (Å²) >= 11 is 0. The van der Waals surface area contributed by atoms with Gasteiger partial charge in [-0.3, -0.25) is 4.79 Å². The van der Waals surface area contributed by atoms with Crippen LogP contribution in [0.15, 0.2) is 60.9 Å². The Kier molecular flexibility index (Phi) is 6.06. The zero-order chi connectivity index (χ0) is 19.9. The van der Waals surface area contributed by atoms with Crippen molar-refractivity contribution in [3.63, 3.8) is 0 Å². The zero-order valence-electron chi connectivity index (χ0n) is 15.8. The number of benzene rings is 2. The van der Waals surface area contributed by atoms with E-state index in [0.717, 1.165) is 11.1 Å². The number of carbonyl (C=O) groups excluding carboxylic acids is 1. The van der Waals surface area contributed by atoms with Gasteiger partial charge in [-0.1, -0.05) is 36.4 Å². The minimum atomic E-state index is -0.388. The zero-order valence-corrected chi connectivity index (χ0v) is 15.8. The summed E-state index contributed by atoms with van der Waals surface area (Å²) < 4.78 is 11.3. The number of carbonyl (C=O) groups is 1. The van der Waals surface area contributed by atoms with Crippen LogP contribution in [0.5, 0.6) is 11.5 Å². The van der Waals surface area contributed by atoms with E-state index in [4.69, 9.17) is 15.2 Å². The van der Waals surface area contributed by atoms with Gasteiger partial charge in [-0.25, -0.2) is 9.97 Å². The molecular weight excluding hydrogens is 356 g/mol. The van der Waals surface area contributed by atoms with Crippen molar-refractivity contribution in [2.45, 2.75) is 19.6 Å². The van der Waals surface area contributed by atoms with Crippen molar-refractivity contribution in [1.82, 2.24) is 15.3 Å². The highest BCUT2D eigenvalue weighted by Gasteiger charge is 2.17. The Morgan fingerprint density at radius 2 is 1.86 bits per heavy atom. The molecule has 3 rings (SSSR count). The summed E-state index contributed by atoms with van der Waals surface area (Å²) in [5.41, 5.74) is 7.74. The third-order valence-electron chi connectivity index (χ3n) is 4.21. The summed E-state index contributed by atoms with van der Waals surface area (Å²) in [6, 6.07) is 15.2. The molecule has 0 unspecified atom stereocenters. The Balaban J connectivity index is 1.70. The number of hydrogen-bond acceptors (Lipinski definition) is 6. The van der Waals surface area contributed by atoms with Gasteiger partial charge in [-0.2, -0.15) is 0 Å². The molecule has 144 valence electrons. The molecule has 0 bridgehead atoms. The van der Waals surface area contributed by atoms with E-state index in [9.17, 15) is 4.79 Å². The lowest BCUT2D eigenvalue weighted by molar-refractivity contribution is 0.0935. The number of aromatic nitrogens is 2. The number of anilines is 1. The predicted molar refractivity (Wildman–Crippen MR) is 106 cm³/mol. The highest BCUT2D eigenvalue weighted by atomic mass is 16.5. The second kappa shape index (κ2) is 8.85. The van der Waals surface area contributed by atoms with E-state index in [1.807, 2.05) is 55.5 Å². The number of ether oxygens (including phenoxy) is 2. The molecule has 2 aromatic carbocycles. The summed E-state index contributed by atoms with van der Waals surface area (Å²) in [4.78, 5) is 20.2. The van der Waals surface area contributed by atoms with Crippen LogP contribution in [-0.2, 0) is 6.61 Å². The summed E-state index contributed by atoms with van der Waals surface area (Å²) in [6.45, 7) is 2.30. The number of nitrogen functional groups attached to an aromatic ring is 1. The van der Waals surface area contributed by atoms with Crippen LogP contribution in [0.25, 0.3) is 0 Å². The third-order valence-corrected chi connectivity index (χ3v) is 4.21. The number of nitrogens with one attached hydrogen (secondary N) is 1. The van der Waals surface area contributed by atoms with Gasteiger partial charge >= 0.3 is 0 Å². The van der Waals surface area contributed by atoms with E-state index < -0.39 is 0 Å². The molecule has 1 atom stereocenters. The molecule has 1 heterocycles. The molecular formula is C21H22N4O3. The Labute approximate surface area is 163 Å². The predicted octanol–water partition coefficient (Wildman–Crippen LogP) is 3.14. The highest BCUT2D eigenvalue weighted by molar-refractivity contribution is 5.96. The van der Waals surface area contributed by atoms with Crippen molar-refractivity contribution in [2.75, 3.05) is 12.8 Å². The van der Waals surface area contributed by atoms with E-state index in [0.29, 0.717) is 18.1 Å². The van der Waals surface area contributed by atoms with Gasteiger partial charge in [0, 0.05) is 12.4 Å². The standard InChI is InChI=1S/C21H22N4O3/c1-14(25-21(26)19-20(22)24-11-10-23-19)16-8-9-17(18(12-16)27-2)28-13-15-6-4-3-5-7-15/h3-12,14H,13H2,1-2H3,(H2,22,24)(H,25,26)/t14-/m0/s1. The number of methoxy groups -OCH3 is 1. The van der Waals surface area contributed by atoms with Gasteiger partial charge in [0.1, 0.15) is 6.61 Å². The SMILES string of the molecule is COc1cc([C@H](C)NC(=O)c2nccnc2N)ccc1OCc1ccccc1. The molecule has 1 aromatic heterocycles.